The lowest BCUT2D eigenvalue weighted by molar-refractivity contribution is -0.385. The Labute approximate surface area is 156 Å². The van der Waals surface area contributed by atoms with Gasteiger partial charge in [-0.15, -0.1) is 0 Å². The molecule has 0 fully saturated rings. The zero-order valence-corrected chi connectivity index (χ0v) is 15.2. The molecule has 0 bridgehead atoms. The summed E-state index contributed by atoms with van der Waals surface area (Å²) < 4.78 is 15.8. The van der Waals surface area contributed by atoms with Crippen molar-refractivity contribution in [3.63, 3.8) is 0 Å². The van der Waals surface area contributed by atoms with Gasteiger partial charge in [-0.3, -0.25) is 14.9 Å². The molecule has 0 saturated heterocycles. The van der Waals surface area contributed by atoms with E-state index in [1.807, 2.05) is 0 Å². The molecule has 2 rings (SSSR count). The third-order valence-corrected chi connectivity index (χ3v) is 3.74. The number of methoxy groups -OCH3 is 3. The number of rotatable bonds is 8. The largest absolute Gasteiger partial charge is 0.493 e. The Bertz CT molecular complexity index is 838. The van der Waals surface area contributed by atoms with Gasteiger partial charge < -0.3 is 19.5 Å². The number of nitrogens with one attached hydrogen (secondary N) is 1. The van der Waals surface area contributed by atoms with E-state index in [9.17, 15) is 14.9 Å². The molecule has 2 aromatic carbocycles. The fourth-order valence-electron chi connectivity index (χ4n) is 2.45. The zero-order chi connectivity index (χ0) is 19.8. The lowest BCUT2D eigenvalue weighted by Gasteiger charge is -2.14. The number of hydrogen-bond acceptors (Lipinski definition) is 6. The van der Waals surface area contributed by atoms with Crippen molar-refractivity contribution in [3.8, 4) is 17.2 Å². The average Bonchev–Trinajstić information content (AvgIpc) is 2.69. The van der Waals surface area contributed by atoms with Gasteiger partial charge in [-0.05, 0) is 29.8 Å². The highest BCUT2D eigenvalue weighted by atomic mass is 16.6. The molecule has 8 nitrogen and oxygen atoms in total. The fraction of sp³-hybridized carbons (Fsp3) is 0.211. The lowest BCUT2D eigenvalue weighted by atomic mass is 10.1. The predicted molar refractivity (Wildman–Crippen MR) is 100 cm³/mol. The number of para-hydroxylation sites is 1. The number of nitro benzene ring substituents is 1. The van der Waals surface area contributed by atoms with Crippen LogP contribution in [-0.2, 0) is 11.3 Å². The maximum absolute atomic E-state index is 12.0. The highest BCUT2D eigenvalue weighted by Crippen LogP contribution is 2.38. The molecular weight excluding hydrogens is 352 g/mol. The summed E-state index contributed by atoms with van der Waals surface area (Å²) in [4.78, 5) is 22.5. The van der Waals surface area contributed by atoms with Crippen molar-refractivity contribution in [2.24, 2.45) is 0 Å². The van der Waals surface area contributed by atoms with Gasteiger partial charge in [0, 0.05) is 18.7 Å². The quantitative estimate of drug-likeness (QED) is 0.434. The van der Waals surface area contributed by atoms with Gasteiger partial charge >= 0.3 is 0 Å². The van der Waals surface area contributed by atoms with Crippen LogP contribution < -0.4 is 19.5 Å². The second-order valence-corrected chi connectivity index (χ2v) is 5.40. The Morgan fingerprint density at radius 1 is 1.11 bits per heavy atom. The summed E-state index contributed by atoms with van der Waals surface area (Å²) >= 11 is 0. The molecule has 0 aliphatic heterocycles. The van der Waals surface area contributed by atoms with Crippen molar-refractivity contribution < 1.29 is 23.9 Å². The second kappa shape index (κ2) is 9.23. The fourth-order valence-corrected chi connectivity index (χ4v) is 2.45. The van der Waals surface area contributed by atoms with Crippen LogP contribution in [0.2, 0.25) is 0 Å². The zero-order valence-electron chi connectivity index (χ0n) is 15.2. The van der Waals surface area contributed by atoms with E-state index in [1.54, 1.807) is 30.3 Å². The average molecular weight is 372 g/mol. The van der Waals surface area contributed by atoms with Gasteiger partial charge in [-0.2, -0.15) is 0 Å². The molecule has 27 heavy (non-hydrogen) atoms. The van der Waals surface area contributed by atoms with E-state index < -0.39 is 4.92 Å². The van der Waals surface area contributed by atoms with E-state index >= 15 is 0 Å². The van der Waals surface area contributed by atoms with Crippen LogP contribution in [0.5, 0.6) is 17.2 Å². The summed E-state index contributed by atoms with van der Waals surface area (Å²) in [5.74, 6) is 1.04. The first kappa shape index (κ1) is 19.8. The molecule has 0 atom stereocenters. The van der Waals surface area contributed by atoms with Crippen LogP contribution in [0.4, 0.5) is 5.69 Å². The molecule has 0 heterocycles. The third-order valence-electron chi connectivity index (χ3n) is 3.74. The van der Waals surface area contributed by atoms with Crippen LogP contribution in [0.3, 0.4) is 0 Å². The summed E-state index contributed by atoms with van der Waals surface area (Å²) in [6, 6.07) is 9.65. The van der Waals surface area contributed by atoms with Crippen LogP contribution >= 0.6 is 0 Å². The molecule has 0 aromatic heterocycles. The van der Waals surface area contributed by atoms with Crippen molar-refractivity contribution in [2.45, 2.75) is 6.54 Å². The standard InChI is InChI=1S/C19H20N2O6/c1-25-16-10-13(11-17(26-2)19(16)27-3)12-20-18(22)9-8-14-6-4-5-7-15(14)21(23)24/h4-11H,12H2,1-3H3,(H,20,22)/b9-8+. The minimum atomic E-state index is -0.493. The number of ether oxygens (including phenoxy) is 3. The summed E-state index contributed by atoms with van der Waals surface area (Å²) in [7, 11) is 4.53. The highest BCUT2D eigenvalue weighted by Gasteiger charge is 2.13. The van der Waals surface area contributed by atoms with E-state index in [-0.39, 0.29) is 18.1 Å². The first-order valence-electron chi connectivity index (χ1n) is 7.98. The van der Waals surface area contributed by atoms with Crippen LogP contribution in [0.15, 0.2) is 42.5 Å². The van der Waals surface area contributed by atoms with Crippen molar-refractivity contribution in [1.29, 1.82) is 0 Å². The Hall–Kier alpha value is -3.55. The summed E-state index contributed by atoms with van der Waals surface area (Å²) in [6.07, 6.45) is 2.66. The van der Waals surface area contributed by atoms with Gasteiger partial charge in [0.05, 0.1) is 31.8 Å². The van der Waals surface area contributed by atoms with Crippen molar-refractivity contribution in [1.82, 2.24) is 5.32 Å². The van der Waals surface area contributed by atoms with E-state index in [0.717, 1.165) is 5.56 Å². The van der Waals surface area contributed by atoms with E-state index in [4.69, 9.17) is 14.2 Å². The number of hydrogen-bond donors (Lipinski definition) is 1. The Morgan fingerprint density at radius 3 is 2.30 bits per heavy atom. The molecule has 1 N–H and O–H groups in total. The SMILES string of the molecule is COc1cc(CNC(=O)/C=C/c2ccccc2[N+](=O)[O-])cc(OC)c1OC. The number of nitrogens with zero attached hydrogens (tertiary/aromatic N) is 1. The first-order valence-corrected chi connectivity index (χ1v) is 7.98. The monoisotopic (exact) mass is 372 g/mol. The molecule has 1 amide bonds. The predicted octanol–water partition coefficient (Wildman–Crippen LogP) is 2.95. The topological polar surface area (TPSA) is 99.9 Å². The summed E-state index contributed by atoms with van der Waals surface area (Å²) in [5.41, 5.74) is 1.04. The Kier molecular flexibility index (Phi) is 6.76. The van der Waals surface area contributed by atoms with Gasteiger partial charge in [-0.1, -0.05) is 12.1 Å². The Balaban J connectivity index is 2.09. The van der Waals surface area contributed by atoms with Crippen LogP contribution in [-0.4, -0.2) is 32.2 Å². The smallest absolute Gasteiger partial charge is 0.276 e. The number of benzene rings is 2. The normalized spacial score (nSPS) is 10.5. The summed E-state index contributed by atoms with van der Waals surface area (Å²) in [5, 5.41) is 13.7. The van der Waals surface area contributed by atoms with Crippen molar-refractivity contribution in [2.75, 3.05) is 21.3 Å². The van der Waals surface area contributed by atoms with E-state index in [1.165, 1.54) is 39.5 Å². The molecule has 8 heteroatoms. The maximum atomic E-state index is 12.0. The molecule has 0 aliphatic carbocycles. The van der Waals surface area contributed by atoms with Gasteiger partial charge in [0.1, 0.15) is 0 Å². The van der Waals surface area contributed by atoms with Crippen molar-refractivity contribution >= 4 is 17.7 Å². The van der Waals surface area contributed by atoms with Crippen molar-refractivity contribution in [3.05, 3.63) is 63.7 Å². The second-order valence-electron chi connectivity index (χ2n) is 5.40. The lowest BCUT2D eigenvalue weighted by Crippen LogP contribution is -2.20. The molecule has 0 saturated carbocycles. The van der Waals surface area contributed by atoms with Gasteiger partial charge in [0.15, 0.2) is 11.5 Å². The molecule has 0 unspecified atom stereocenters. The number of amides is 1. The molecule has 142 valence electrons. The van der Waals surface area contributed by atoms with Gasteiger partial charge in [0.2, 0.25) is 11.7 Å². The third kappa shape index (κ3) is 4.97. The van der Waals surface area contributed by atoms with Crippen LogP contribution in [0, 0.1) is 10.1 Å². The van der Waals surface area contributed by atoms with Gasteiger partial charge in [-0.25, -0.2) is 0 Å². The summed E-state index contributed by atoms with van der Waals surface area (Å²) in [6.45, 7) is 0.219. The molecular formula is C19H20N2O6. The van der Waals surface area contributed by atoms with E-state index in [2.05, 4.69) is 5.32 Å². The molecule has 2 aromatic rings. The Morgan fingerprint density at radius 2 is 1.74 bits per heavy atom. The molecule has 0 spiro atoms. The minimum Gasteiger partial charge on any atom is -0.493 e. The maximum Gasteiger partial charge on any atom is 0.276 e. The molecule has 0 aliphatic rings. The molecule has 0 radical (unpaired) electrons. The number of carbonyl (C=O) groups excluding carboxylic acids is 1. The van der Waals surface area contributed by atoms with Crippen LogP contribution in [0.25, 0.3) is 6.08 Å². The minimum absolute atomic E-state index is 0.0637. The van der Waals surface area contributed by atoms with Gasteiger partial charge in [0.25, 0.3) is 5.69 Å². The highest BCUT2D eigenvalue weighted by molar-refractivity contribution is 5.92. The van der Waals surface area contributed by atoms with E-state index in [0.29, 0.717) is 22.8 Å². The number of carbonyl (C=O) groups is 1. The first-order chi connectivity index (χ1) is 13.0. The van der Waals surface area contributed by atoms with Crippen LogP contribution in [0.1, 0.15) is 11.1 Å². The number of nitro groups is 1.